The summed E-state index contributed by atoms with van der Waals surface area (Å²) in [5.41, 5.74) is 2.55. The van der Waals surface area contributed by atoms with Crippen molar-refractivity contribution >= 4 is 0 Å². The Morgan fingerprint density at radius 2 is 1.58 bits per heavy atom. The van der Waals surface area contributed by atoms with Gasteiger partial charge in [0.2, 0.25) is 0 Å². The first-order valence-electron chi connectivity index (χ1n) is 6.63. The van der Waals surface area contributed by atoms with E-state index < -0.39 is 0 Å². The lowest BCUT2D eigenvalue weighted by molar-refractivity contribution is 0.118. The molecule has 2 rings (SSSR count). The minimum absolute atomic E-state index is 0.665. The number of aryl methyl sites for hydroxylation is 1. The maximum Gasteiger partial charge on any atom is 0.118 e. The molecule has 0 radical (unpaired) electrons. The molecule has 0 atom stereocenters. The molecule has 0 fully saturated rings. The molecule has 2 aromatic rings. The zero-order valence-electron chi connectivity index (χ0n) is 11.3. The van der Waals surface area contributed by atoms with Crippen molar-refractivity contribution < 1.29 is 9.47 Å². The van der Waals surface area contributed by atoms with Crippen molar-refractivity contribution in [2.24, 2.45) is 0 Å². The van der Waals surface area contributed by atoms with Crippen LogP contribution in [0.3, 0.4) is 0 Å². The highest BCUT2D eigenvalue weighted by atomic mass is 16.5. The van der Waals surface area contributed by atoms with E-state index in [9.17, 15) is 0 Å². The van der Waals surface area contributed by atoms with Crippen molar-refractivity contribution in [2.75, 3.05) is 13.7 Å². The van der Waals surface area contributed by atoms with Gasteiger partial charge in [-0.2, -0.15) is 0 Å². The van der Waals surface area contributed by atoms with Crippen LogP contribution in [-0.4, -0.2) is 13.7 Å². The molecule has 0 bridgehead atoms. The highest BCUT2D eigenvalue weighted by Gasteiger charge is 1.96. The maximum atomic E-state index is 5.67. The van der Waals surface area contributed by atoms with Gasteiger partial charge in [0.05, 0.1) is 13.7 Å². The first kappa shape index (κ1) is 13.6. The van der Waals surface area contributed by atoms with Crippen molar-refractivity contribution in [1.29, 1.82) is 0 Å². The van der Waals surface area contributed by atoms with Crippen LogP contribution in [-0.2, 0) is 17.8 Å². The topological polar surface area (TPSA) is 18.5 Å². The van der Waals surface area contributed by atoms with E-state index in [0.29, 0.717) is 6.61 Å². The lowest BCUT2D eigenvalue weighted by Gasteiger charge is -2.06. The molecular formula is C17H20O2. The summed E-state index contributed by atoms with van der Waals surface area (Å²) in [5, 5.41) is 0. The number of methoxy groups -OCH3 is 1. The average molecular weight is 256 g/mol. The quantitative estimate of drug-likeness (QED) is 0.701. The van der Waals surface area contributed by atoms with Gasteiger partial charge in [0.1, 0.15) is 5.75 Å². The minimum Gasteiger partial charge on any atom is -0.497 e. The first-order chi connectivity index (χ1) is 9.38. The Morgan fingerprint density at radius 3 is 2.26 bits per heavy atom. The lowest BCUT2D eigenvalue weighted by Crippen LogP contribution is -1.97. The van der Waals surface area contributed by atoms with Crippen LogP contribution in [0, 0.1) is 0 Å². The molecule has 19 heavy (non-hydrogen) atoms. The molecule has 0 heterocycles. The van der Waals surface area contributed by atoms with Gasteiger partial charge in [0.25, 0.3) is 0 Å². The summed E-state index contributed by atoms with van der Waals surface area (Å²) in [5.74, 6) is 0.882. The Morgan fingerprint density at radius 1 is 0.842 bits per heavy atom. The Balaban J connectivity index is 1.63. The van der Waals surface area contributed by atoms with E-state index in [-0.39, 0.29) is 0 Å². The second kappa shape index (κ2) is 7.59. The molecule has 2 heteroatoms. The van der Waals surface area contributed by atoms with Gasteiger partial charge < -0.3 is 9.47 Å². The van der Waals surface area contributed by atoms with E-state index in [4.69, 9.17) is 9.47 Å². The molecule has 2 nitrogen and oxygen atoms in total. The fourth-order valence-corrected chi connectivity index (χ4v) is 1.93. The molecule has 0 unspecified atom stereocenters. The minimum atomic E-state index is 0.665. The maximum absolute atomic E-state index is 5.67. The highest BCUT2D eigenvalue weighted by Crippen LogP contribution is 2.12. The summed E-state index contributed by atoms with van der Waals surface area (Å²) in [4.78, 5) is 0. The standard InChI is InChI=1S/C17H20O2/c1-18-17-11-9-16(10-12-17)14-19-13-5-8-15-6-3-2-4-7-15/h2-4,6-7,9-12H,5,8,13-14H2,1H3. The molecule has 0 aliphatic carbocycles. The van der Waals surface area contributed by atoms with Gasteiger partial charge >= 0.3 is 0 Å². The molecule has 2 aromatic carbocycles. The van der Waals surface area contributed by atoms with Crippen LogP contribution < -0.4 is 4.74 Å². The van der Waals surface area contributed by atoms with Crippen molar-refractivity contribution in [3.8, 4) is 5.75 Å². The van der Waals surface area contributed by atoms with Gasteiger partial charge in [-0.05, 0) is 36.1 Å². The Labute approximate surface area is 115 Å². The molecule has 0 saturated carbocycles. The van der Waals surface area contributed by atoms with Gasteiger partial charge in [-0.25, -0.2) is 0 Å². The number of hydrogen-bond donors (Lipinski definition) is 0. The zero-order valence-corrected chi connectivity index (χ0v) is 11.3. The van der Waals surface area contributed by atoms with Gasteiger partial charge in [0.15, 0.2) is 0 Å². The molecule has 0 aromatic heterocycles. The predicted molar refractivity (Wildman–Crippen MR) is 77.4 cm³/mol. The average Bonchev–Trinajstić information content (AvgIpc) is 2.49. The monoisotopic (exact) mass is 256 g/mol. The van der Waals surface area contributed by atoms with Gasteiger partial charge in [-0.3, -0.25) is 0 Å². The molecule has 0 amide bonds. The van der Waals surface area contributed by atoms with E-state index in [1.807, 2.05) is 30.3 Å². The first-order valence-corrected chi connectivity index (χ1v) is 6.63. The van der Waals surface area contributed by atoms with Crippen LogP contribution in [0.15, 0.2) is 54.6 Å². The molecule has 0 N–H and O–H groups in total. The van der Waals surface area contributed by atoms with Crippen LogP contribution in [0.5, 0.6) is 5.75 Å². The summed E-state index contributed by atoms with van der Waals surface area (Å²) in [7, 11) is 1.68. The summed E-state index contributed by atoms with van der Waals surface area (Å²) < 4.78 is 10.8. The SMILES string of the molecule is COc1ccc(COCCCc2ccccc2)cc1. The van der Waals surface area contributed by atoms with Gasteiger partial charge in [0, 0.05) is 6.61 Å². The number of ether oxygens (including phenoxy) is 2. The molecular weight excluding hydrogens is 236 g/mol. The fourth-order valence-electron chi connectivity index (χ4n) is 1.93. The summed E-state index contributed by atoms with van der Waals surface area (Å²) in [6, 6.07) is 18.5. The van der Waals surface area contributed by atoms with Crippen molar-refractivity contribution in [2.45, 2.75) is 19.4 Å². The van der Waals surface area contributed by atoms with Crippen molar-refractivity contribution in [3.05, 3.63) is 65.7 Å². The summed E-state index contributed by atoms with van der Waals surface area (Å²) in [6.07, 6.45) is 2.13. The Bertz CT molecular complexity index is 462. The van der Waals surface area contributed by atoms with Crippen LogP contribution in [0.4, 0.5) is 0 Å². The summed E-state index contributed by atoms with van der Waals surface area (Å²) in [6.45, 7) is 1.46. The van der Waals surface area contributed by atoms with E-state index in [2.05, 4.69) is 24.3 Å². The summed E-state index contributed by atoms with van der Waals surface area (Å²) >= 11 is 0. The smallest absolute Gasteiger partial charge is 0.118 e. The van der Waals surface area contributed by atoms with Gasteiger partial charge in [-0.1, -0.05) is 42.5 Å². The van der Waals surface area contributed by atoms with Crippen molar-refractivity contribution in [1.82, 2.24) is 0 Å². The number of hydrogen-bond acceptors (Lipinski definition) is 2. The predicted octanol–water partition coefficient (Wildman–Crippen LogP) is 3.84. The number of benzene rings is 2. The molecule has 0 spiro atoms. The fraction of sp³-hybridized carbons (Fsp3) is 0.294. The van der Waals surface area contributed by atoms with E-state index in [0.717, 1.165) is 25.2 Å². The highest BCUT2D eigenvalue weighted by molar-refractivity contribution is 5.26. The largest absolute Gasteiger partial charge is 0.497 e. The van der Waals surface area contributed by atoms with Gasteiger partial charge in [-0.15, -0.1) is 0 Å². The second-order valence-corrected chi connectivity index (χ2v) is 4.49. The van der Waals surface area contributed by atoms with Crippen LogP contribution in [0.1, 0.15) is 17.5 Å². The molecule has 0 aliphatic rings. The normalized spacial score (nSPS) is 10.4. The van der Waals surface area contributed by atoms with Crippen LogP contribution >= 0.6 is 0 Å². The van der Waals surface area contributed by atoms with Crippen LogP contribution in [0.2, 0.25) is 0 Å². The third kappa shape index (κ3) is 4.76. The number of rotatable bonds is 7. The third-order valence-corrected chi connectivity index (χ3v) is 3.02. The molecule has 100 valence electrons. The lowest BCUT2D eigenvalue weighted by atomic mass is 10.1. The molecule has 0 aliphatic heterocycles. The third-order valence-electron chi connectivity index (χ3n) is 3.02. The van der Waals surface area contributed by atoms with E-state index >= 15 is 0 Å². The second-order valence-electron chi connectivity index (χ2n) is 4.49. The Kier molecular flexibility index (Phi) is 5.45. The molecule has 0 saturated heterocycles. The zero-order chi connectivity index (χ0) is 13.3. The van der Waals surface area contributed by atoms with Crippen LogP contribution in [0.25, 0.3) is 0 Å². The van der Waals surface area contributed by atoms with E-state index in [1.165, 1.54) is 11.1 Å². The van der Waals surface area contributed by atoms with E-state index in [1.54, 1.807) is 7.11 Å². The Hall–Kier alpha value is -1.80. The van der Waals surface area contributed by atoms with Crippen molar-refractivity contribution in [3.63, 3.8) is 0 Å².